The molecule has 1 aromatic rings. The highest BCUT2D eigenvalue weighted by molar-refractivity contribution is 5.62. The molecule has 1 saturated carbocycles. The Kier molecular flexibility index (Phi) is 3.33. The number of rotatable bonds is 3. The van der Waals surface area contributed by atoms with E-state index in [-0.39, 0.29) is 17.3 Å². The normalized spacial score (nSPS) is 24.1. The van der Waals surface area contributed by atoms with E-state index in [1.54, 1.807) is 0 Å². The minimum Gasteiger partial charge on any atom is -0.377 e. The monoisotopic (exact) mass is 279 g/mol. The third-order valence-electron chi connectivity index (χ3n) is 4.46. The first kappa shape index (κ1) is 13.3. The van der Waals surface area contributed by atoms with Gasteiger partial charge in [0.05, 0.1) is 11.0 Å². The van der Waals surface area contributed by atoms with E-state index >= 15 is 0 Å². The highest BCUT2D eigenvalue weighted by Gasteiger charge is 2.41. The molecule has 2 N–H and O–H groups in total. The van der Waals surface area contributed by atoms with E-state index in [2.05, 4.69) is 10.6 Å². The average Bonchev–Trinajstić information content (AvgIpc) is 2.39. The molecule has 1 aromatic carbocycles. The molecule has 0 amide bonds. The van der Waals surface area contributed by atoms with Crippen molar-refractivity contribution in [2.75, 3.05) is 11.9 Å². The molecule has 1 atom stereocenters. The lowest BCUT2D eigenvalue weighted by molar-refractivity contribution is -0.384. The van der Waals surface area contributed by atoms with Crippen molar-refractivity contribution in [1.82, 2.24) is 5.32 Å². The Bertz CT molecular complexity index is 531. The summed E-state index contributed by atoms with van der Waals surface area (Å²) < 4.78 is 13.1. The lowest BCUT2D eigenvalue weighted by Crippen LogP contribution is -2.58. The summed E-state index contributed by atoms with van der Waals surface area (Å²) in [6, 6.07) is 3.90. The first-order valence-corrected chi connectivity index (χ1v) is 7.04. The van der Waals surface area contributed by atoms with E-state index in [0.717, 1.165) is 25.5 Å². The fourth-order valence-corrected chi connectivity index (χ4v) is 3.26. The first-order chi connectivity index (χ1) is 9.58. The van der Waals surface area contributed by atoms with Crippen LogP contribution >= 0.6 is 0 Å². The summed E-state index contributed by atoms with van der Waals surface area (Å²) in [6.45, 7) is 0.923. The highest BCUT2D eigenvalue weighted by Crippen LogP contribution is 2.39. The first-order valence-electron chi connectivity index (χ1n) is 7.04. The molecule has 1 spiro atoms. The van der Waals surface area contributed by atoms with Gasteiger partial charge in [-0.3, -0.25) is 10.1 Å². The van der Waals surface area contributed by atoms with Gasteiger partial charge in [0.15, 0.2) is 0 Å². The summed E-state index contributed by atoms with van der Waals surface area (Å²) in [5.74, 6) is -0.581. The number of halogens is 1. The zero-order chi connectivity index (χ0) is 14.2. The predicted molar refractivity (Wildman–Crippen MR) is 74.3 cm³/mol. The van der Waals surface area contributed by atoms with Crippen molar-refractivity contribution < 1.29 is 9.31 Å². The maximum atomic E-state index is 13.1. The number of hydrogen-bond acceptors (Lipinski definition) is 4. The van der Waals surface area contributed by atoms with Crippen LogP contribution in [0, 0.1) is 15.9 Å². The van der Waals surface area contributed by atoms with Crippen molar-refractivity contribution in [2.45, 2.75) is 43.7 Å². The quantitative estimate of drug-likeness (QED) is 0.659. The molecule has 0 aromatic heterocycles. The van der Waals surface area contributed by atoms with Gasteiger partial charge in [0, 0.05) is 11.6 Å². The van der Waals surface area contributed by atoms with Crippen molar-refractivity contribution in [3.05, 3.63) is 34.1 Å². The zero-order valence-electron chi connectivity index (χ0n) is 11.2. The van der Waals surface area contributed by atoms with Crippen molar-refractivity contribution >= 4 is 11.4 Å². The van der Waals surface area contributed by atoms with Gasteiger partial charge in [-0.05, 0) is 50.8 Å². The number of nitrogens with one attached hydrogen (secondary N) is 2. The minimum atomic E-state index is -0.581. The molecule has 1 aliphatic carbocycles. The molecule has 2 fully saturated rings. The smallest absolute Gasteiger partial charge is 0.295 e. The Labute approximate surface area is 116 Å². The molecule has 6 heteroatoms. The standard InChI is InChI=1S/C14H18FN3O2/c15-10-2-3-12(13(8-10)18(19)20)17-11-4-7-16-14(9-11)5-1-6-14/h2-3,8,11,16-17H,1,4-7,9H2. The number of piperidine rings is 1. The third kappa shape index (κ3) is 2.47. The number of nitro benzene ring substituents is 1. The summed E-state index contributed by atoms with van der Waals surface area (Å²) in [4.78, 5) is 10.5. The lowest BCUT2D eigenvalue weighted by Gasteiger charge is -2.48. The Morgan fingerprint density at radius 3 is 2.90 bits per heavy atom. The van der Waals surface area contributed by atoms with Crippen LogP contribution < -0.4 is 10.6 Å². The lowest BCUT2D eigenvalue weighted by atomic mass is 9.70. The van der Waals surface area contributed by atoms with Crippen LogP contribution in [0.4, 0.5) is 15.8 Å². The second kappa shape index (κ2) is 5.01. The highest BCUT2D eigenvalue weighted by atomic mass is 19.1. The van der Waals surface area contributed by atoms with Gasteiger partial charge in [0.25, 0.3) is 5.69 Å². The van der Waals surface area contributed by atoms with Crippen LogP contribution in [0.25, 0.3) is 0 Å². The Morgan fingerprint density at radius 2 is 2.25 bits per heavy atom. The molecule has 5 nitrogen and oxygen atoms in total. The summed E-state index contributed by atoms with van der Waals surface area (Å²) in [6.07, 6.45) is 5.50. The molecule has 3 rings (SSSR count). The van der Waals surface area contributed by atoms with Crippen LogP contribution in [0.5, 0.6) is 0 Å². The van der Waals surface area contributed by atoms with Crippen LogP contribution in [0.3, 0.4) is 0 Å². The van der Waals surface area contributed by atoms with E-state index in [9.17, 15) is 14.5 Å². The summed E-state index contributed by atoms with van der Waals surface area (Å²) >= 11 is 0. The van der Waals surface area contributed by atoms with E-state index in [1.165, 1.54) is 31.4 Å². The Morgan fingerprint density at radius 1 is 1.45 bits per heavy atom. The maximum Gasteiger partial charge on any atom is 0.295 e. The Balaban J connectivity index is 1.75. The average molecular weight is 279 g/mol. The summed E-state index contributed by atoms with van der Waals surface area (Å²) in [7, 11) is 0. The van der Waals surface area contributed by atoms with Gasteiger partial charge < -0.3 is 10.6 Å². The minimum absolute atomic E-state index is 0.189. The number of nitro groups is 1. The molecule has 1 aliphatic heterocycles. The van der Waals surface area contributed by atoms with Gasteiger partial charge in [-0.15, -0.1) is 0 Å². The van der Waals surface area contributed by atoms with Crippen molar-refractivity contribution in [1.29, 1.82) is 0 Å². The molecule has 2 aliphatic rings. The second-order valence-electron chi connectivity index (χ2n) is 5.81. The molecule has 0 bridgehead atoms. The van der Waals surface area contributed by atoms with Crippen LogP contribution in [-0.4, -0.2) is 23.0 Å². The van der Waals surface area contributed by atoms with Gasteiger partial charge in [-0.2, -0.15) is 0 Å². The summed E-state index contributed by atoms with van der Waals surface area (Å²) in [5, 5.41) is 17.8. The fourth-order valence-electron chi connectivity index (χ4n) is 3.26. The number of benzene rings is 1. The largest absolute Gasteiger partial charge is 0.377 e. The Hall–Kier alpha value is -1.69. The van der Waals surface area contributed by atoms with Crippen molar-refractivity contribution in [3.8, 4) is 0 Å². The molecule has 1 heterocycles. The van der Waals surface area contributed by atoms with Gasteiger partial charge in [0.1, 0.15) is 11.5 Å². The number of hydrogen-bond donors (Lipinski definition) is 2. The van der Waals surface area contributed by atoms with Crippen LogP contribution in [0.2, 0.25) is 0 Å². The van der Waals surface area contributed by atoms with E-state index in [0.29, 0.717) is 5.69 Å². The van der Waals surface area contributed by atoms with E-state index in [1.807, 2.05) is 0 Å². The fraction of sp³-hybridized carbons (Fsp3) is 0.571. The predicted octanol–water partition coefficient (Wildman–Crippen LogP) is 2.82. The molecule has 20 heavy (non-hydrogen) atoms. The van der Waals surface area contributed by atoms with Gasteiger partial charge in [-0.25, -0.2) is 4.39 Å². The van der Waals surface area contributed by atoms with Gasteiger partial charge in [-0.1, -0.05) is 0 Å². The van der Waals surface area contributed by atoms with Gasteiger partial charge in [0.2, 0.25) is 0 Å². The van der Waals surface area contributed by atoms with Crippen molar-refractivity contribution in [2.24, 2.45) is 0 Å². The molecule has 0 radical (unpaired) electrons. The van der Waals surface area contributed by atoms with E-state index < -0.39 is 10.7 Å². The van der Waals surface area contributed by atoms with E-state index in [4.69, 9.17) is 0 Å². The molecule has 1 unspecified atom stereocenters. The van der Waals surface area contributed by atoms with Crippen LogP contribution in [0.1, 0.15) is 32.1 Å². The SMILES string of the molecule is O=[N+]([O-])c1cc(F)ccc1NC1CCNC2(CCC2)C1. The van der Waals surface area contributed by atoms with Crippen LogP contribution in [-0.2, 0) is 0 Å². The number of nitrogens with zero attached hydrogens (tertiary/aromatic N) is 1. The maximum absolute atomic E-state index is 13.1. The molecule has 1 saturated heterocycles. The number of anilines is 1. The molecular formula is C14H18FN3O2. The van der Waals surface area contributed by atoms with Crippen LogP contribution in [0.15, 0.2) is 18.2 Å². The third-order valence-corrected chi connectivity index (χ3v) is 4.46. The van der Waals surface area contributed by atoms with Gasteiger partial charge >= 0.3 is 0 Å². The summed E-state index contributed by atoms with van der Waals surface area (Å²) in [5.41, 5.74) is 0.453. The van der Waals surface area contributed by atoms with Crippen molar-refractivity contribution in [3.63, 3.8) is 0 Å². The molecule has 108 valence electrons. The zero-order valence-corrected chi connectivity index (χ0v) is 11.2. The molecular weight excluding hydrogens is 261 g/mol. The topological polar surface area (TPSA) is 67.2 Å². The second-order valence-corrected chi connectivity index (χ2v) is 5.81.